The van der Waals surface area contributed by atoms with Crippen LogP contribution < -0.4 is 4.90 Å². The van der Waals surface area contributed by atoms with Crippen molar-refractivity contribution in [2.24, 2.45) is 0 Å². The van der Waals surface area contributed by atoms with Gasteiger partial charge in [0.15, 0.2) is 0 Å². The van der Waals surface area contributed by atoms with Gasteiger partial charge in [0.1, 0.15) is 5.69 Å². The van der Waals surface area contributed by atoms with Crippen LogP contribution in [0.4, 0.5) is 17.1 Å². The van der Waals surface area contributed by atoms with E-state index >= 15 is 0 Å². The molecule has 2 aliphatic rings. The zero-order chi connectivity index (χ0) is 54.2. The second-order valence-corrected chi connectivity index (χ2v) is 21.7. The van der Waals surface area contributed by atoms with Crippen LogP contribution in [0.15, 0.2) is 322 Å². The minimum absolute atomic E-state index is 0.618. The normalized spacial score (nSPS) is 13.3. The molecule has 2 aliphatic carbocycles. The monoisotopic (exact) mass is 1040 g/mol. The molecule has 14 aromatic rings. The number of nitrogens with zero attached hydrogens (tertiary/aromatic N) is 3. The Morgan fingerprint density at radius 2 is 0.683 bits per heavy atom. The number of hydrogen-bond acceptors (Lipinski definition) is 2. The minimum Gasteiger partial charge on any atom is -0.310 e. The summed E-state index contributed by atoms with van der Waals surface area (Å²) in [4.78, 5) is 2.55. The largest absolute Gasteiger partial charge is 0.310 e. The van der Waals surface area contributed by atoms with Crippen molar-refractivity contribution in [1.29, 1.82) is 0 Å². The zero-order valence-electron chi connectivity index (χ0n) is 44.9. The highest BCUT2D eigenvalue weighted by atomic mass is 15.2. The first kappa shape index (κ1) is 47.4. The molecule has 0 N–H and O–H groups in total. The zero-order valence-corrected chi connectivity index (χ0v) is 44.9. The van der Waals surface area contributed by atoms with E-state index in [0.717, 1.165) is 67.0 Å². The number of hydrogen-bond donors (Lipinski definition) is 0. The average molecular weight is 1040 g/mol. The molecule has 2 aromatic heterocycles. The van der Waals surface area contributed by atoms with Crippen molar-refractivity contribution in [3.63, 3.8) is 0 Å². The highest BCUT2D eigenvalue weighted by molar-refractivity contribution is 6.13. The summed E-state index contributed by atoms with van der Waals surface area (Å²) in [6.45, 7) is 0. The number of fused-ring (bicyclic) bond motifs is 9. The Bertz CT molecular complexity index is 4450. The lowest BCUT2D eigenvalue weighted by Crippen LogP contribution is -2.29. The Kier molecular flexibility index (Phi) is 11.0. The topological polar surface area (TPSA) is 20.5 Å². The van der Waals surface area contributed by atoms with Crippen molar-refractivity contribution in [3.05, 3.63) is 366 Å². The minimum atomic E-state index is -0.618. The smallest absolute Gasteiger partial charge is 0.101 e. The van der Waals surface area contributed by atoms with Gasteiger partial charge in [-0.3, -0.25) is 0 Å². The quantitative estimate of drug-likeness (QED) is 0.136. The summed E-state index contributed by atoms with van der Waals surface area (Å²) >= 11 is 0. The Morgan fingerprint density at radius 3 is 1.15 bits per heavy atom. The van der Waals surface area contributed by atoms with Crippen LogP contribution in [0.25, 0.3) is 72.2 Å². The summed E-state index contributed by atoms with van der Waals surface area (Å²) in [5.41, 5.74) is 24.2. The Hall–Kier alpha value is -10.6. The maximum atomic E-state index is 5.64. The molecule has 384 valence electrons. The third-order valence-electron chi connectivity index (χ3n) is 17.6. The molecule has 82 heavy (non-hydrogen) atoms. The molecule has 12 aromatic carbocycles. The molecule has 0 unspecified atom stereocenters. The van der Waals surface area contributed by atoms with E-state index in [1.54, 1.807) is 0 Å². The van der Waals surface area contributed by atoms with Crippen LogP contribution >= 0.6 is 0 Å². The van der Waals surface area contributed by atoms with Gasteiger partial charge >= 0.3 is 0 Å². The van der Waals surface area contributed by atoms with E-state index in [2.05, 4.69) is 331 Å². The first-order chi connectivity index (χ1) is 40.7. The summed E-state index contributed by atoms with van der Waals surface area (Å²) in [5.74, 6) is 0. The number of pyridine rings is 1. The van der Waals surface area contributed by atoms with Gasteiger partial charge in [0.25, 0.3) is 0 Å². The summed E-state index contributed by atoms with van der Waals surface area (Å²) in [6, 6.07) is 119. The van der Waals surface area contributed by atoms with Crippen LogP contribution in [0.1, 0.15) is 44.5 Å². The first-order valence-electron chi connectivity index (χ1n) is 28.4. The van der Waals surface area contributed by atoms with E-state index in [-0.39, 0.29) is 0 Å². The van der Waals surface area contributed by atoms with E-state index in [4.69, 9.17) is 5.10 Å². The summed E-state index contributed by atoms with van der Waals surface area (Å²) < 4.78 is 2.21. The SMILES string of the molecule is c1ccc(-c2nn3c(-c4ccccc4)cc4c(N(c5ccc6c(c5)C(c5ccccc5)(c5ccccc5)c5ccccc5-6)c5ccc6c(c5)C(c5ccccc5)(c5ccccc5)c5ccccc5-6)cccc4c3c2-c2ccccc2)cc1. The third-order valence-corrected chi connectivity index (χ3v) is 17.6. The molecule has 0 aliphatic heterocycles. The summed E-state index contributed by atoms with van der Waals surface area (Å²) in [6.07, 6.45) is 0. The summed E-state index contributed by atoms with van der Waals surface area (Å²) in [7, 11) is 0. The molecule has 3 heteroatoms. The van der Waals surface area contributed by atoms with E-state index < -0.39 is 10.8 Å². The molecule has 3 nitrogen and oxygen atoms in total. The van der Waals surface area contributed by atoms with Crippen molar-refractivity contribution in [2.75, 3.05) is 4.90 Å². The Balaban J connectivity index is 1.04. The lowest BCUT2D eigenvalue weighted by molar-refractivity contribution is 0.767. The van der Waals surface area contributed by atoms with Gasteiger partial charge in [-0.15, -0.1) is 0 Å². The van der Waals surface area contributed by atoms with Gasteiger partial charge in [0.05, 0.1) is 27.7 Å². The van der Waals surface area contributed by atoms with E-state index in [0.29, 0.717) is 0 Å². The molecule has 0 saturated carbocycles. The van der Waals surface area contributed by atoms with Crippen molar-refractivity contribution >= 4 is 33.4 Å². The van der Waals surface area contributed by atoms with E-state index in [1.807, 2.05) is 0 Å². The highest BCUT2D eigenvalue weighted by Gasteiger charge is 2.48. The molecule has 0 radical (unpaired) electrons. The molecular formula is C79H53N3. The van der Waals surface area contributed by atoms with Crippen LogP contribution in [0.2, 0.25) is 0 Å². The lowest BCUT2D eigenvalue weighted by atomic mass is 9.67. The first-order valence-corrected chi connectivity index (χ1v) is 28.4. The van der Waals surface area contributed by atoms with Crippen molar-refractivity contribution in [1.82, 2.24) is 9.61 Å². The second-order valence-electron chi connectivity index (χ2n) is 21.7. The standard InChI is InChI=1S/C79H53N3/c1-8-27-54(28-9-1)74-53-68-67(77-75(55-29-10-2-11-30-55)76(80-82(74)77)56-31-12-3-13-32-56)43-26-46-73(68)81(61-47-49-65-63-41-22-24-44-69(63)78(71(65)51-61,57-33-14-4-15-34-57)58-35-16-5-17-36-58)62-48-50-66-64-42-23-25-45-70(64)79(72(66)52-62,59-37-18-6-19-38-59)60-39-20-7-21-40-60/h1-53H. The van der Waals surface area contributed by atoms with Gasteiger partial charge in [0, 0.05) is 38.8 Å². The van der Waals surface area contributed by atoms with Crippen LogP contribution in [-0.4, -0.2) is 9.61 Å². The number of aromatic nitrogens is 2. The van der Waals surface area contributed by atoms with Crippen LogP contribution in [-0.2, 0) is 10.8 Å². The van der Waals surface area contributed by atoms with Gasteiger partial charge in [-0.1, -0.05) is 285 Å². The van der Waals surface area contributed by atoms with Crippen molar-refractivity contribution in [2.45, 2.75) is 10.8 Å². The predicted molar refractivity (Wildman–Crippen MR) is 338 cm³/mol. The maximum absolute atomic E-state index is 5.64. The van der Waals surface area contributed by atoms with Gasteiger partial charge < -0.3 is 4.90 Å². The van der Waals surface area contributed by atoms with Gasteiger partial charge in [-0.2, -0.15) is 5.10 Å². The predicted octanol–water partition coefficient (Wildman–Crippen LogP) is 19.7. The second kappa shape index (κ2) is 19.0. The molecule has 0 bridgehead atoms. The number of benzene rings is 12. The molecule has 0 spiro atoms. The van der Waals surface area contributed by atoms with Crippen LogP contribution in [0, 0.1) is 0 Å². The van der Waals surface area contributed by atoms with Crippen LogP contribution in [0.3, 0.4) is 0 Å². The van der Waals surface area contributed by atoms with Gasteiger partial charge in [0.2, 0.25) is 0 Å². The summed E-state index contributed by atoms with van der Waals surface area (Å²) in [5, 5.41) is 7.85. The van der Waals surface area contributed by atoms with Gasteiger partial charge in [-0.25, -0.2) is 4.52 Å². The highest BCUT2D eigenvalue weighted by Crippen LogP contribution is 2.60. The average Bonchev–Trinajstić information content (AvgIpc) is 3.03. The molecule has 2 heterocycles. The molecule has 0 atom stereocenters. The van der Waals surface area contributed by atoms with E-state index in [9.17, 15) is 0 Å². The number of rotatable bonds is 10. The lowest BCUT2D eigenvalue weighted by Gasteiger charge is -2.36. The fourth-order valence-corrected chi connectivity index (χ4v) is 14.2. The van der Waals surface area contributed by atoms with Crippen LogP contribution in [0.5, 0.6) is 0 Å². The van der Waals surface area contributed by atoms with E-state index in [1.165, 1.54) is 66.8 Å². The van der Waals surface area contributed by atoms with Gasteiger partial charge in [-0.05, 0) is 109 Å². The Labute approximate surface area is 478 Å². The fourth-order valence-electron chi connectivity index (χ4n) is 14.2. The Morgan fingerprint density at radius 1 is 0.293 bits per heavy atom. The van der Waals surface area contributed by atoms with Crippen molar-refractivity contribution < 1.29 is 0 Å². The van der Waals surface area contributed by atoms with Crippen molar-refractivity contribution in [3.8, 4) is 55.9 Å². The fraction of sp³-hybridized carbons (Fsp3) is 0.0253. The molecule has 0 fully saturated rings. The maximum Gasteiger partial charge on any atom is 0.101 e. The molecule has 16 rings (SSSR count). The molecular weight excluding hydrogens is 991 g/mol. The molecule has 0 amide bonds. The third kappa shape index (κ3) is 7.00. The molecule has 0 saturated heterocycles. The number of anilines is 3.